The van der Waals surface area contributed by atoms with Gasteiger partial charge in [-0.15, -0.1) is 0 Å². The lowest BCUT2D eigenvalue weighted by molar-refractivity contribution is -0.526. The maximum absolute atomic E-state index is 10.3. The van der Waals surface area contributed by atoms with E-state index in [4.69, 9.17) is 5.53 Å². The highest BCUT2D eigenvalue weighted by molar-refractivity contribution is 5.54. The monoisotopic (exact) mass is 169 g/mol. The molecule has 0 saturated heterocycles. The van der Waals surface area contributed by atoms with Gasteiger partial charge in [-0.3, -0.25) is 10.1 Å². The largest absolute Gasteiger partial charge is 0.362 e. The highest BCUT2D eigenvalue weighted by atomic mass is 16.6. The number of rotatable bonds is 2. The Labute approximate surface area is 70.2 Å². The normalized spacial score (nSPS) is 29.0. The summed E-state index contributed by atoms with van der Waals surface area (Å²) in [5.41, 5.74) is 8.23. The van der Waals surface area contributed by atoms with Gasteiger partial charge >= 0.3 is 0 Å². The molecule has 0 bridgehead atoms. The average molecular weight is 169 g/mol. The van der Waals surface area contributed by atoms with Crippen LogP contribution in [0.2, 0.25) is 0 Å². The minimum Gasteiger partial charge on any atom is -0.362 e. The fourth-order valence-corrected chi connectivity index (χ4v) is 1.56. The summed E-state index contributed by atoms with van der Waals surface area (Å²) >= 11 is 0. The van der Waals surface area contributed by atoms with Crippen molar-refractivity contribution >= 4 is 6.21 Å². The van der Waals surface area contributed by atoms with Gasteiger partial charge in [0.1, 0.15) is 0 Å². The predicted molar refractivity (Wildman–Crippen MR) is 42.4 cm³/mol. The van der Waals surface area contributed by atoms with E-state index >= 15 is 0 Å². The molecule has 0 heterocycles. The Balaban J connectivity index is 2.39. The van der Waals surface area contributed by atoms with Crippen molar-refractivity contribution < 1.29 is 9.71 Å². The van der Waals surface area contributed by atoms with Crippen molar-refractivity contribution in [2.75, 3.05) is 0 Å². The lowest BCUT2D eigenvalue weighted by Gasteiger charge is -2.17. The van der Waals surface area contributed by atoms with E-state index in [0.29, 0.717) is 12.8 Å². The molecule has 12 heavy (non-hydrogen) atoms. The molecule has 5 heteroatoms. The van der Waals surface area contributed by atoms with E-state index in [9.17, 15) is 10.1 Å². The lowest BCUT2D eigenvalue weighted by Crippen LogP contribution is -2.26. The lowest BCUT2D eigenvalue weighted by atomic mass is 9.87. The fourth-order valence-electron chi connectivity index (χ4n) is 1.56. The van der Waals surface area contributed by atoms with Gasteiger partial charge in [0.05, 0.1) is 5.92 Å². The quantitative estimate of drug-likeness (QED) is 0.204. The maximum Gasteiger partial charge on any atom is 0.260 e. The van der Waals surface area contributed by atoms with Crippen LogP contribution in [0.5, 0.6) is 0 Å². The Kier molecular flexibility index (Phi) is 2.94. The molecule has 1 fully saturated rings. The number of nitrogens with zero attached hydrogens (tertiary/aromatic N) is 3. The van der Waals surface area contributed by atoms with Crippen LogP contribution >= 0.6 is 0 Å². The summed E-state index contributed by atoms with van der Waals surface area (Å²) in [5.74, 6) is 0.228. The van der Waals surface area contributed by atoms with Crippen molar-refractivity contribution in [2.24, 2.45) is 5.92 Å². The van der Waals surface area contributed by atoms with Crippen molar-refractivity contribution in [3.8, 4) is 0 Å². The first-order valence-electron chi connectivity index (χ1n) is 4.05. The minimum atomic E-state index is -0.381. The van der Waals surface area contributed by atoms with E-state index in [-0.39, 0.29) is 16.9 Å². The highest BCUT2D eigenvalue weighted by Gasteiger charge is 2.28. The Morgan fingerprint density at radius 1 is 1.42 bits per heavy atom. The second kappa shape index (κ2) is 3.97. The zero-order chi connectivity index (χ0) is 8.97. The van der Waals surface area contributed by atoms with Crippen molar-refractivity contribution in [2.45, 2.75) is 31.7 Å². The van der Waals surface area contributed by atoms with Crippen LogP contribution in [0.15, 0.2) is 0 Å². The Morgan fingerprint density at radius 2 is 2.00 bits per heavy atom. The van der Waals surface area contributed by atoms with E-state index in [0.717, 1.165) is 12.8 Å². The van der Waals surface area contributed by atoms with Crippen LogP contribution in [-0.2, 0) is 0 Å². The van der Waals surface area contributed by atoms with Crippen molar-refractivity contribution in [3.63, 3.8) is 0 Å². The molecule has 0 spiro atoms. The van der Waals surface area contributed by atoms with Gasteiger partial charge in [-0.2, -0.15) is 4.79 Å². The summed E-state index contributed by atoms with van der Waals surface area (Å²) in [7, 11) is 0. The van der Waals surface area contributed by atoms with Crippen LogP contribution in [0.1, 0.15) is 25.7 Å². The standard InChI is InChI=1S/C7H11N3O2/c8-9-5-6-1-3-7(4-2-6)10(11)12/h5-7H,1-4H2. The zero-order valence-corrected chi connectivity index (χ0v) is 6.72. The van der Waals surface area contributed by atoms with Gasteiger partial charge in [0.2, 0.25) is 6.04 Å². The molecule has 0 amide bonds. The zero-order valence-electron chi connectivity index (χ0n) is 6.72. The molecule has 0 N–H and O–H groups in total. The summed E-state index contributed by atoms with van der Waals surface area (Å²) < 4.78 is 0. The molecule has 0 aromatic heterocycles. The van der Waals surface area contributed by atoms with Gasteiger partial charge in [0, 0.05) is 17.8 Å². The molecule has 1 saturated carbocycles. The van der Waals surface area contributed by atoms with Crippen LogP contribution in [0.4, 0.5) is 0 Å². The molecular weight excluding hydrogens is 158 g/mol. The van der Waals surface area contributed by atoms with E-state index in [1.807, 2.05) is 0 Å². The van der Waals surface area contributed by atoms with Crippen LogP contribution in [0.3, 0.4) is 0 Å². The molecule has 5 nitrogen and oxygen atoms in total. The second-order valence-corrected chi connectivity index (χ2v) is 3.12. The van der Waals surface area contributed by atoms with Gasteiger partial charge in [0.15, 0.2) is 0 Å². The molecule has 0 unspecified atom stereocenters. The third-order valence-corrected chi connectivity index (χ3v) is 2.32. The SMILES string of the molecule is [N-]=[N+]=CC1CCC([N+](=O)[O-])CC1. The average Bonchev–Trinajstić information content (AvgIpc) is 2.06. The van der Waals surface area contributed by atoms with Crippen LogP contribution in [0.25, 0.3) is 5.53 Å². The molecule has 0 aliphatic heterocycles. The van der Waals surface area contributed by atoms with Crippen LogP contribution < -0.4 is 0 Å². The Hall–Kier alpha value is -1.22. The Morgan fingerprint density at radius 3 is 2.42 bits per heavy atom. The first kappa shape index (κ1) is 8.87. The molecular formula is C7H11N3O2. The van der Waals surface area contributed by atoms with Crippen molar-refractivity contribution in [3.05, 3.63) is 15.6 Å². The molecule has 0 aromatic carbocycles. The third-order valence-electron chi connectivity index (χ3n) is 2.32. The number of hydrogen-bond acceptors (Lipinski definition) is 2. The van der Waals surface area contributed by atoms with Gasteiger partial charge in [0.25, 0.3) is 6.21 Å². The number of hydrogen-bond donors (Lipinski definition) is 0. The molecule has 0 atom stereocenters. The van der Waals surface area contributed by atoms with Gasteiger partial charge in [-0.05, 0) is 12.8 Å². The molecule has 1 rings (SSSR count). The van der Waals surface area contributed by atoms with Gasteiger partial charge in [-0.25, -0.2) is 0 Å². The first-order valence-corrected chi connectivity index (χ1v) is 4.05. The van der Waals surface area contributed by atoms with E-state index in [2.05, 4.69) is 4.79 Å². The topological polar surface area (TPSA) is 79.5 Å². The van der Waals surface area contributed by atoms with Crippen LogP contribution in [-0.4, -0.2) is 22.0 Å². The van der Waals surface area contributed by atoms with Gasteiger partial charge in [-0.1, -0.05) is 0 Å². The summed E-state index contributed by atoms with van der Waals surface area (Å²) in [6, 6.07) is -0.381. The van der Waals surface area contributed by atoms with Crippen molar-refractivity contribution in [1.82, 2.24) is 0 Å². The van der Waals surface area contributed by atoms with Gasteiger partial charge < -0.3 is 5.53 Å². The third kappa shape index (κ3) is 2.13. The highest BCUT2D eigenvalue weighted by Crippen LogP contribution is 2.23. The summed E-state index contributed by atoms with van der Waals surface area (Å²) in [6.07, 6.45) is 4.19. The molecule has 1 aliphatic carbocycles. The van der Waals surface area contributed by atoms with E-state index in [1.54, 1.807) is 0 Å². The molecule has 66 valence electrons. The molecule has 0 aromatic rings. The minimum absolute atomic E-state index is 0.216. The smallest absolute Gasteiger partial charge is 0.260 e. The number of nitro groups is 1. The second-order valence-electron chi connectivity index (χ2n) is 3.12. The Bertz CT molecular complexity index is 205. The summed E-state index contributed by atoms with van der Waals surface area (Å²) in [6.45, 7) is 0. The van der Waals surface area contributed by atoms with E-state index in [1.165, 1.54) is 6.21 Å². The van der Waals surface area contributed by atoms with Crippen molar-refractivity contribution in [1.29, 1.82) is 0 Å². The maximum atomic E-state index is 10.3. The first-order chi connectivity index (χ1) is 5.74. The fraction of sp³-hybridized carbons (Fsp3) is 0.857. The van der Waals surface area contributed by atoms with E-state index < -0.39 is 0 Å². The predicted octanol–water partition coefficient (Wildman–Crippen LogP) is 1.12. The van der Waals surface area contributed by atoms with Crippen LogP contribution in [0, 0.1) is 16.0 Å². The summed E-state index contributed by atoms with van der Waals surface area (Å²) in [4.78, 5) is 13.1. The summed E-state index contributed by atoms with van der Waals surface area (Å²) in [5, 5.41) is 10.3. The molecule has 1 aliphatic rings. The molecule has 0 radical (unpaired) electrons.